The molecule has 150 valence electrons. The van der Waals surface area contributed by atoms with Crippen molar-refractivity contribution in [3.05, 3.63) is 89.9 Å². The summed E-state index contributed by atoms with van der Waals surface area (Å²) >= 11 is 0. The molecule has 5 heteroatoms. The molecule has 1 fully saturated rings. The highest BCUT2D eigenvalue weighted by atomic mass is 19.1. The molecule has 0 saturated carbocycles. The Hall–Kier alpha value is -3.31. The van der Waals surface area contributed by atoms with Crippen LogP contribution in [-0.2, 0) is 0 Å². The zero-order chi connectivity index (χ0) is 20.5. The van der Waals surface area contributed by atoms with Crippen LogP contribution in [0.15, 0.2) is 72.9 Å². The third-order valence-corrected chi connectivity index (χ3v) is 5.71. The number of hydrogen-bond donors (Lipinski definition) is 1. The van der Waals surface area contributed by atoms with Gasteiger partial charge in [-0.1, -0.05) is 48.0 Å². The number of aromatic nitrogens is 2. The Balaban J connectivity index is 1.48. The molecule has 0 spiro atoms. The highest BCUT2D eigenvalue weighted by Gasteiger charge is 2.26. The molecule has 1 aliphatic rings. The van der Waals surface area contributed by atoms with Crippen LogP contribution in [0.5, 0.6) is 0 Å². The molecule has 5 rings (SSSR count). The van der Waals surface area contributed by atoms with E-state index in [4.69, 9.17) is 9.97 Å². The third kappa shape index (κ3) is 3.64. The summed E-state index contributed by atoms with van der Waals surface area (Å²) in [4.78, 5) is 11.9. The van der Waals surface area contributed by atoms with E-state index in [1.54, 1.807) is 12.1 Å². The Kier molecular flexibility index (Phi) is 4.89. The number of hydrogen-bond acceptors (Lipinski definition) is 4. The SMILES string of the molecule is Cc1ccc(C2CNCCN2c2ncc3cc(-c4ccc(F)cc4)ccc3n2)cc1. The molecule has 4 aromatic rings. The first kappa shape index (κ1) is 18.7. The molecule has 1 aromatic heterocycles. The van der Waals surface area contributed by atoms with Gasteiger partial charge in [0, 0.05) is 31.2 Å². The normalized spacial score (nSPS) is 16.7. The van der Waals surface area contributed by atoms with Crippen LogP contribution in [0.1, 0.15) is 17.2 Å². The number of anilines is 1. The number of nitrogens with zero attached hydrogens (tertiary/aromatic N) is 3. The Morgan fingerprint density at radius 2 is 1.73 bits per heavy atom. The van der Waals surface area contributed by atoms with Crippen molar-refractivity contribution in [3.63, 3.8) is 0 Å². The number of benzene rings is 3. The van der Waals surface area contributed by atoms with Gasteiger partial charge in [0.2, 0.25) is 5.95 Å². The molecule has 1 N–H and O–H groups in total. The maximum Gasteiger partial charge on any atom is 0.226 e. The lowest BCUT2D eigenvalue weighted by atomic mass is 10.0. The number of aryl methyl sites for hydroxylation is 1. The van der Waals surface area contributed by atoms with E-state index >= 15 is 0 Å². The lowest BCUT2D eigenvalue weighted by Crippen LogP contribution is -2.46. The average Bonchev–Trinajstić information content (AvgIpc) is 2.79. The average molecular weight is 398 g/mol. The van der Waals surface area contributed by atoms with Crippen molar-refractivity contribution in [2.24, 2.45) is 0 Å². The predicted octanol–water partition coefficient (Wildman–Crippen LogP) is 4.90. The minimum Gasteiger partial charge on any atom is -0.331 e. The second kappa shape index (κ2) is 7.84. The van der Waals surface area contributed by atoms with Crippen molar-refractivity contribution in [1.29, 1.82) is 0 Å². The van der Waals surface area contributed by atoms with Gasteiger partial charge in [0.15, 0.2) is 0 Å². The lowest BCUT2D eigenvalue weighted by Gasteiger charge is -2.36. The fourth-order valence-electron chi connectivity index (χ4n) is 4.01. The second-order valence-corrected chi connectivity index (χ2v) is 7.77. The fraction of sp³-hybridized carbons (Fsp3) is 0.200. The molecule has 1 saturated heterocycles. The van der Waals surface area contributed by atoms with Gasteiger partial charge in [0.05, 0.1) is 11.6 Å². The smallest absolute Gasteiger partial charge is 0.226 e. The van der Waals surface area contributed by atoms with E-state index in [0.717, 1.165) is 47.6 Å². The lowest BCUT2D eigenvalue weighted by molar-refractivity contribution is 0.482. The first-order valence-electron chi connectivity index (χ1n) is 10.2. The van der Waals surface area contributed by atoms with Crippen LogP contribution in [0.2, 0.25) is 0 Å². The Morgan fingerprint density at radius 3 is 2.53 bits per heavy atom. The number of halogens is 1. The summed E-state index contributed by atoms with van der Waals surface area (Å²) in [5.41, 5.74) is 5.44. The summed E-state index contributed by atoms with van der Waals surface area (Å²) in [5.74, 6) is 0.524. The molecule has 0 amide bonds. The van der Waals surface area contributed by atoms with Crippen LogP contribution in [0, 0.1) is 12.7 Å². The maximum absolute atomic E-state index is 13.2. The van der Waals surface area contributed by atoms with Crippen LogP contribution in [0.4, 0.5) is 10.3 Å². The first-order chi connectivity index (χ1) is 14.7. The summed E-state index contributed by atoms with van der Waals surface area (Å²) < 4.78 is 13.2. The zero-order valence-electron chi connectivity index (χ0n) is 16.8. The van der Waals surface area contributed by atoms with Crippen LogP contribution >= 0.6 is 0 Å². The number of nitrogens with one attached hydrogen (secondary N) is 1. The van der Waals surface area contributed by atoms with Gasteiger partial charge in [-0.15, -0.1) is 0 Å². The standard InChI is InChI=1S/C25H23FN4/c1-17-2-4-19(5-3-17)24-16-27-12-13-30(24)25-28-15-21-14-20(8-11-23(21)29-25)18-6-9-22(26)10-7-18/h2-11,14-15,24,27H,12-13,16H2,1H3. The molecule has 30 heavy (non-hydrogen) atoms. The van der Waals surface area contributed by atoms with Crippen molar-refractivity contribution >= 4 is 16.9 Å². The molecular weight excluding hydrogens is 375 g/mol. The summed E-state index contributed by atoms with van der Waals surface area (Å²) in [7, 11) is 0. The monoisotopic (exact) mass is 398 g/mol. The summed E-state index contributed by atoms with van der Waals surface area (Å²) in [6, 6.07) is 21.5. The molecule has 4 nitrogen and oxygen atoms in total. The molecule has 1 atom stereocenters. The fourth-order valence-corrected chi connectivity index (χ4v) is 4.01. The molecule has 0 aliphatic carbocycles. The van der Waals surface area contributed by atoms with E-state index in [1.807, 2.05) is 18.3 Å². The summed E-state index contributed by atoms with van der Waals surface area (Å²) in [6.07, 6.45) is 1.89. The van der Waals surface area contributed by atoms with Gasteiger partial charge in [-0.2, -0.15) is 0 Å². The number of piperazine rings is 1. The zero-order valence-corrected chi connectivity index (χ0v) is 16.8. The van der Waals surface area contributed by atoms with Crippen molar-refractivity contribution < 1.29 is 4.39 Å². The second-order valence-electron chi connectivity index (χ2n) is 7.77. The topological polar surface area (TPSA) is 41.0 Å². The van der Waals surface area contributed by atoms with Gasteiger partial charge in [-0.25, -0.2) is 14.4 Å². The molecule has 1 unspecified atom stereocenters. The van der Waals surface area contributed by atoms with Gasteiger partial charge in [-0.05, 0) is 47.9 Å². The van der Waals surface area contributed by atoms with Gasteiger partial charge >= 0.3 is 0 Å². The maximum atomic E-state index is 13.2. The minimum absolute atomic E-state index is 0.204. The van der Waals surface area contributed by atoms with E-state index in [1.165, 1.54) is 23.3 Å². The highest BCUT2D eigenvalue weighted by Crippen LogP contribution is 2.29. The van der Waals surface area contributed by atoms with Gasteiger partial charge in [-0.3, -0.25) is 0 Å². The van der Waals surface area contributed by atoms with Crippen LogP contribution in [0.25, 0.3) is 22.0 Å². The van der Waals surface area contributed by atoms with Crippen molar-refractivity contribution in [2.45, 2.75) is 13.0 Å². The Labute approximate surface area is 175 Å². The first-order valence-corrected chi connectivity index (χ1v) is 10.2. The van der Waals surface area contributed by atoms with Crippen molar-refractivity contribution in [3.8, 4) is 11.1 Å². The van der Waals surface area contributed by atoms with Crippen LogP contribution in [0.3, 0.4) is 0 Å². The van der Waals surface area contributed by atoms with E-state index in [0.29, 0.717) is 0 Å². The Morgan fingerprint density at radius 1 is 0.967 bits per heavy atom. The van der Waals surface area contributed by atoms with Crippen LogP contribution < -0.4 is 10.2 Å². The summed E-state index contributed by atoms with van der Waals surface area (Å²) in [6.45, 7) is 4.74. The minimum atomic E-state index is -0.230. The van der Waals surface area contributed by atoms with E-state index in [-0.39, 0.29) is 11.9 Å². The molecule has 1 aliphatic heterocycles. The molecule has 2 heterocycles. The van der Waals surface area contributed by atoms with Gasteiger partial charge < -0.3 is 10.2 Å². The van der Waals surface area contributed by atoms with E-state index in [2.05, 4.69) is 47.5 Å². The molecule has 3 aromatic carbocycles. The van der Waals surface area contributed by atoms with Crippen molar-refractivity contribution in [2.75, 3.05) is 24.5 Å². The predicted molar refractivity (Wildman–Crippen MR) is 119 cm³/mol. The molecule has 0 bridgehead atoms. The van der Waals surface area contributed by atoms with E-state index in [9.17, 15) is 4.39 Å². The number of rotatable bonds is 3. The molecule has 0 radical (unpaired) electrons. The highest BCUT2D eigenvalue weighted by molar-refractivity contribution is 5.84. The van der Waals surface area contributed by atoms with E-state index < -0.39 is 0 Å². The molecular formula is C25H23FN4. The van der Waals surface area contributed by atoms with Crippen LogP contribution in [-0.4, -0.2) is 29.6 Å². The van der Waals surface area contributed by atoms with Crippen molar-refractivity contribution in [1.82, 2.24) is 15.3 Å². The quantitative estimate of drug-likeness (QED) is 0.533. The van der Waals surface area contributed by atoms with Gasteiger partial charge in [0.1, 0.15) is 5.82 Å². The van der Waals surface area contributed by atoms with Gasteiger partial charge in [0.25, 0.3) is 0 Å². The number of fused-ring (bicyclic) bond motifs is 1. The third-order valence-electron chi connectivity index (χ3n) is 5.71. The summed E-state index contributed by atoms with van der Waals surface area (Å²) in [5, 5.41) is 4.47. The Bertz CT molecular complexity index is 1170. The largest absolute Gasteiger partial charge is 0.331 e.